The summed E-state index contributed by atoms with van der Waals surface area (Å²) in [6, 6.07) is 0. The molecule has 0 bridgehead atoms. The van der Waals surface area contributed by atoms with Crippen LogP contribution in [0.1, 0.15) is 26.7 Å². The second kappa shape index (κ2) is 15.1. The first-order chi connectivity index (χ1) is 6.68. The Morgan fingerprint density at radius 2 is 1.93 bits per heavy atom. The number of unbranched alkanes of at least 4 members (excludes halogenated alkanes) is 1. The Kier molecular flexibility index (Phi) is 17.3. The molecule has 0 aliphatic rings. The van der Waals surface area contributed by atoms with Crippen molar-refractivity contribution in [2.45, 2.75) is 26.7 Å². The highest BCUT2D eigenvalue weighted by atomic mass is 32.2. The maximum Gasteiger partial charge on any atom is 0.404 e. The molecule has 14 heavy (non-hydrogen) atoms. The van der Waals surface area contributed by atoms with Gasteiger partial charge in [0, 0.05) is 6.61 Å². The summed E-state index contributed by atoms with van der Waals surface area (Å²) in [5.74, 6) is 2.52. The molecule has 1 amide bonds. The molecular weight excluding hydrogens is 202 g/mol. The van der Waals surface area contributed by atoms with Crippen LogP contribution in [0.5, 0.6) is 0 Å². The number of carbonyl (C=O) groups excluding carboxylic acids is 1. The molecule has 0 unspecified atom stereocenters. The molecule has 0 saturated heterocycles. The number of primary amides is 1. The third kappa shape index (κ3) is 22.6. The molecule has 0 aromatic carbocycles. The zero-order chi connectivity index (χ0) is 11.2. The lowest BCUT2D eigenvalue weighted by molar-refractivity contribution is 0.151. The second-order valence-corrected chi connectivity index (χ2v) is 3.94. The van der Waals surface area contributed by atoms with Crippen LogP contribution in [0.4, 0.5) is 4.79 Å². The van der Waals surface area contributed by atoms with Crippen LogP contribution in [0.25, 0.3) is 0 Å². The van der Waals surface area contributed by atoms with Crippen molar-refractivity contribution in [1.82, 2.24) is 0 Å². The first-order valence-corrected chi connectivity index (χ1v) is 5.95. The molecule has 0 aliphatic heterocycles. The number of amides is 1. The Morgan fingerprint density at radius 1 is 1.36 bits per heavy atom. The lowest BCUT2D eigenvalue weighted by atomic mass is 10.3. The van der Waals surface area contributed by atoms with E-state index in [0.717, 1.165) is 0 Å². The van der Waals surface area contributed by atoms with Gasteiger partial charge in [0.05, 0.1) is 6.61 Å². The first-order valence-electron chi connectivity index (χ1n) is 4.79. The van der Waals surface area contributed by atoms with Gasteiger partial charge in [0.25, 0.3) is 0 Å². The zero-order valence-electron chi connectivity index (χ0n) is 8.99. The van der Waals surface area contributed by atoms with Gasteiger partial charge in [-0.15, -0.1) is 0 Å². The molecule has 3 N–H and O–H groups in total. The maximum absolute atomic E-state index is 9.90. The standard InChI is InChI=1S/C5H11NO3.C4H10S/c6-5(8)9-4-2-1-3-7;1-3-5-4-2/h7H,1-4H2,(H2,6,8);3-4H2,1-2H3. The number of carbonyl (C=O) groups is 1. The van der Waals surface area contributed by atoms with Crippen LogP contribution in [-0.2, 0) is 4.74 Å². The third-order valence-electron chi connectivity index (χ3n) is 1.21. The lowest BCUT2D eigenvalue weighted by Crippen LogP contribution is -2.13. The topological polar surface area (TPSA) is 72.6 Å². The maximum atomic E-state index is 9.90. The Bertz CT molecular complexity index is 121. The summed E-state index contributed by atoms with van der Waals surface area (Å²) in [4.78, 5) is 9.90. The van der Waals surface area contributed by atoms with Crippen molar-refractivity contribution in [3.63, 3.8) is 0 Å². The Balaban J connectivity index is 0. The summed E-state index contributed by atoms with van der Waals surface area (Å²) < 4.78 is 4.37. The number of rotatable bonds is 6. The molecule has 0 aromatic rings. The SMILES string of the molecule is CCSCC.NC(=O)OCCCCO. The van der Waals surface area contributed by atoms with Crippen LogP contribution in [-0.4, -0.2) is 35.9 Å². The minimum absolute atomic E-state index is 0.127. The number of ether oxygens (including phenoxy) is 1. The molecule has 0 spiro atoms. The van der Waals surface area contributed by atoms with E-state index in [2.05, 4.69) is 24.3 Å². The van der Waals surface area contributed by atoms with E-state index >= 15 is 0 Å². The molecule has 0 radical (unpaired) electrons. The van der Waals surface area contributed by atoms with Gasteiger partial charge in [0.15, 0.2) is 0 Å². The second-order valence-electron chi connectivity index (χ2n) is 2.38. The van der Waals surface area contributed by atoms with Gasteiger partial charge in [-0.2, -0.15) is 11.8 Å². The van der Waals surface area contributed by atoms with Gasteiger partial charge in [-0.25, -0.2) is 4.79 Å². The van der Waals surface area contributed by atoms with Gasteiger partial charge < -0.3 is 15.6 Å². The minimum atomic E-state index is -0.757. The van der Waals surface area contributed by atoms with Crippen molar-refractivity contribution in [3.05, 3.63) is 0 Å². The van der Waals surface area contributed by atoms with E-state index in [-0.39, 0.29) is 6.61 Å². The van der Waals surface area contributed by atoms with Crippen molar-refractivity contribution < 1.29 is 14.6 Å². The highest BCUT2D eigenvalue weighted by Gasteiger charge is 1.90. The molecule has 4 nitrogen and oxygen atoms in total. The molecule has 5 heteroatoms. The third-order valence-corrected chi connectivity index (χ3v) is 2.02. The smallest absolute Gasteiger partial charge is 0.404 e. The fraction of sp³-hybridized carbons (Fsp3) is 0.889. The van der Waals surface area contributed by atoms with Crippen molar-refractivity contribution in [2.75, 3.05) is 24.7 Å². The highest BCUT2D eigenvalue weighted by Crippen LogP contribution is 1.93. The van der Waals surface area contributed by atoms with Crippen molar-refractivity contribution >= 4 is 17.9 Å². The Labute approximate surface area is 90.2 Å². The van der Waals surface area contributed by atoms with Crippen molar-refractivity contribution in [3.8, 4) is 0 Å². The quantitative estimate of drug-likeness (QED) is 0.671. The van der Waals surface area contributed by atoms with Gasteiger partial charge in [0.1, 0.15) is 0 Å². The van der Waals surface area contributed by atoms with E-state index < -0.39 is 6.09 Å². The molecule has 0 saturated carbocycles. The van der Waals surface area contributed by atoms with E-state index in [0.29, 0.717) is 19.4 Å². The molecule has 0 atom stereocenters. The monoisotopic (exact) mass is 223 g/mol. The number of aliphatic hydroxyl groups excluding tert-OH is 1. The van der Waals surface area contributed by atoms with Gasteiger partial charge in [-0.05, 0) is 24.3 Å². The van der Waals surface area contributed by atoms with E-state index in [1.165, 1.54) is 11.5 Å². The van der Waals surface area contributed by atoms with Crippen LogP contribution in [0.15, 0.2) is 0 Å². The fourth-order valence-electron chi connectivity index (χ4n) is 0.591. The fourth-order valence-corrected chi connectivity index (χ4v) is 0.999. The molecule has 0 fully saturated rings. The average molecular weight is 223 g/mol. The molecular formula is C9H21NO3S. The van der Waals surface area contributed by atoms with Crippen molar-refractivity contribution in [2.24, 2.45) is 5.73 Å². The summed E-state index contributed by atoms with van der Waals surface area (Å²) in [7, 11) is 0. The number of hydrogen-bond acceptors (Lipinski definition) is 4. The summed E-state index contributed by atoms with van der Waals surface area (Å²) in [5, 5.41) is 8.26. The molecule has 0 heterocycles. The van der Waals surface area contributed by atoms with Crippen LogP contribution < -0.4 is 5.73 Å². The number of hydrogen-bond donors (Lipinski definition) is 2. The largest absolute Gasteiger partial charge is 0.450 e. The average Bonchev–Trinajstić information content (AvgIpc) is 2.15. The van der Waals surface area contributed by atoms with Crippen molar-refractivity contribution in [1.29, 1.82) is 0 Å². The van der Waals surface area contributed by atoms with Gasteiger partial charge in [-0.3, -0.25) is 0 Å². The molecule has 0 aliphatic carbocycles. The van der Waals surface area contributed by atoms with Crippen LogP contribution in [0.3, 0.4) is 0 Å². The van der Waals surface area contributed by atoms with Crippen LogP contribution >= 0.6 is 11.8 Å². The Morgan fingerprint density at radius 3 is 2.21 bits per heavy atom. The van der Waals surface area contributed by atoms with Gasteiger partial charge in [-0.1, -0.05) is 13.8 Å². The van der Waals surface area contributed by atoms with Crippen LogP contribution in [0.2, 0.25) is 0 Å². The summed E-state index contributed by atoms with van der Waals surface area (Å²) in [6.07, 6.45) is 0.556. The summed E-state index contributed by atoms with van der Waals surface area (Å²) in [5.41, 5.74) is 4.65. The lowest BCUT2D eigenvalue weighted by Gasteiger charge is -1.97. The predicted molar refractivity (Wildman–Crippen MR) is 60.5 cm³/mol. The first kappa shape index (κ1) is 16.0. The highest BCUT2D eigenvalue weighted by molar-refractivity contribution is 7.99. The van der Waals surface area contributed by atoms with Gasteiger partial charge in [0.2, 0.25) is 0 Å². The number of nitrogens with two attached hydrogens (primary N) is 1. The summed E-state index contributed by atoms with van der Waals surface area (Å²) in [6.45, 7) is 4.78. The normalized spacial score (nSPS) is 8.79. The number of aliphatic hydroxyl groups is 1. The number of thioether (sulfide) groups is 1. The predicted octanol–water partition coefficient (Wildman–Crippen LogP) is 1.61. The van der Waals surface area contributed by atoms with E-state index in [1.54, 1.807) is 0 Å². The van der Waals surface area contributed by atoms with E-state index in [9.17, 15) is 4.79 Å². The Hall–Kier alpha value is -0.420. The molecule has 0 rings (SSSR count). The minimum Gasteiger partial charge on any atom is -0.450 e. The van der Waals surface area contributed by atoms with E-state index in [1.807, 2.05) is 11.8 Å². The van der Waals surface area contributed by atoms with Gasteiger partial charge >= 0.3 is 6.09 Å². The molecule has 86 valence electrons. The molecule has 0 aromatic heterocycles. The van der Waals surface area contributed by atoms with E-state index in [4.69, 9.17) is 5.11 Å². The zero-order valence-corrected chi connectivity index (χ0v) is 9.81. The summed E-state index contributed by atoms with van der Waals surface area (Å²) >= 11 is 1.96. The van der Waals surface area contributed by atoms with Crippen LogP contribution in [0, 0.1) is 0 Å².